The molecule has 0 aliphatic heterocycles. The maximum absolute atomic E-state index is 12.3. The zero-order valence-electron chi connectivity index (χ0n) is 44.7. The molecule has 70 heavy (non-hydrogen) atoms. The van der Waals surface area contributed by atoms with Crippen LogP contribution in [0, 0.1) is 0 Å². The van der Waals surface area contributed by atoms with Crippen LogP contribution >= 0.6 is 0 Å². The summed E-state index contributed by atoms with van der Waals surface area (Å²) in [4.78, 5) is 24.5. The molecule has 1 N–H and O–H groups in total. The molecule has 0 aliphatic carbocycles. The predicted molar refractivity (Wildman–Crippen MR) is 306 cm³/mol. The van der Waals surface area contributed by atoms with Crippen LogP contribution in [0.1, 0.15) is 219 Å². The predicted octanol–water partition coefficient (Wildman–Crippen LogP) is 19.2. The summed E-state index contributed by atoms with van der Waals surface area (Å²) in [6.07, 6.45) is 90.7. The normalized spacial score (nSPS) is 13.5. The van der Waals surface area contributed by atoms with Crippen LogP contribution in [0.5, 0.6) is 0 Å². The molecule has 0 amide bonds. The molecule has 0 saturated carbocycles. The first kappa shape index (κ1) is 65.5. The molecule has 392 valence electrons. The lowest BCUT2D eigenvalue weighted by atomic mass is 10.0. The quantitative estimate of drug-likeness (QED) is 0.0374. The number of aliphatic hydroxyl groups excluding tert-OH is 1. The number of hydrogen-bond acceptors (Lipinski definition) is 5. The number of carbonyl (C=O) groups excluding carboxylic acids is 2. The first-order valence-electron chi connectivity index (χ1n) is 28.0. The molecule has 0 saturated heterocycles. The highest BCUT2D eigenvalue weighted by atomic mass is 16.6. The fourth-order valence-electron chi connectivity index (χ4n) is 7.18. The highest BCUT2D eigenvalue weighted by Gasteiger charge is 2.16. The molecule has 0 aliphatic rings. The monoisotopic (exact) mass is 963 g/mol. The van der Waals surface area contributed by atoms with Crippen molar-refractivity contribution in [1.82, 2.24) is 0 Å². The number of allylic oxidation sites excluding steroid dienone is 26. The standard InChI is InChI=1S/C65H102O5/c1-3-5-7-9-11-13-15-17-19-21-23-24-25-26-27-28-29-30-31-32-33-34-35-36-37-38-39-40-42-44-46-48-50-52-54-56-58-60-65(68)70-63(61-66)62-69-64(67)59-57-55-53-51-49-47-45-43-41-22-20-18-16-14-12-10-8-6-4-2/h5-8,11-14,17-20,23-24,26-27,29-30,32-33,35-36,41,43,47,49,63,66H,3-4,9-10,15-16,21-22,25,28,31,34,37-40,42,44-46,48,50-62H2,1-2H3/b7-5-,8-6-,13-11-,14-12-,19-17-,20-18-,24-23-,27-26-,30-29-,33-32-,36-35-,43-41-,49-47-. The minimum Gasteiger partial charge on any atom is -0.462 e. The van der Waals surface area contributed by atoms with E-state index in [1.165, 1.54) is 64.2 Å². The van der Waals surface area contributed by atoms with E-state index in [1.807, 2.05) is 0 Å². The van der Waals surface area contributed by atoms with Crippen molar-refractivity contribution in [3.05, 3.63) is 158 Å². The van der Waals surface area contributed by atoms with Crippen LogP contribution < -0.4 is 0 Å². The van der Waals surface area contributed by atoms with Gasteiger partial charge >= 0.3 is 11.9 Å². The van der Waals surface area contributed by atoms with Crippen molar-refractivity contribution in [3.8, 4) is 0 Å². The summed E-state index contributed by atoms with van der Waals surface area (Å²) in [5.74, 6) is -0.641. The average Bonchev–Trinajstić information content (AvgIpc) is 3.36. The van der Waals surface area contributed by atoms with Gasteiger partial charge in [-0.3, -0.25) is 9.59 Å². The summed E-state index contributed by atoms with van der Waals surface area (Å²) in [6, 6.07) is 0. The van der Waals surface area contributed by atoms with Crippen LogP contribution in [0.15, 0.2) is 158 Å². The summed E-state index contributed by atoms with van der Waals surface area (Å²) in [5.41, 5.74) is 0. The lowest BCUT2D eigenvalue weighted by Crippen LogP contribution is -2.28. The number of hydrogen-bond donors (Lipinski definition) is 1. The van der Waals surface area contributed by atoms with Crippen LogP contribution in [0.25, 0.3) is 0 Å². The van der Waals surface area contributed by atoms with Gasteiger partial charge < -0.3 is 14.6 Å². The number of unbranched alkanes of at least 4 members (excludes halogenated alkanes) is 15. The van der Waals surface area contributed by atoms with E-state index < -0.39 is 6.10 Å². The summed E-state index contributed by atoms with van der Waals surface area (Å²) in [6.45, 7) is 3.87. The summed E-state index contributed by atoms with van der Waals surface area (Å²) >= 11 is 0. The van der Waals surface area contributed by atoms with Crippen LogP contribution in [0.4, 0.5) is 0 Å². The Balaban J connectivity index is 3.60. The van der Waals surface area contributed by atoms with Gasteiger partial charge in [-0.25, -0.2) is 0 Å². The van der Waals surface area contributed by atoms with Gasteiger partial charge in [0.1, 0.15) is 6.61 Å². The molecular formula is C65H102O5. The lowest BCUT2D eigenvalue weighted by molar-refractivity contribution is -0.161. The second-order valence-corrected chi connectivity index (χ2v) is 17.9. The largest absolute Gasteiger partial charge is 0.462 e. The van der Waals surface area contributed by atoms with E-state index in [-0.39, 0.29) is 25.2 Å². The fraction of sp³-hybridized carbons (Fsp3) is 0.569. The van der Waals surface area contributed by atoms with Crippen molar-refractivity contribution in [3.63, 3.8) is 0 Å². The Hall–Kier alpha value is -4.48. The number of esters is 2. The van der Waals surface area contributed by atoms with Gasteiger partial charge in [0.15, 0.2) is 6.10 Å². The Morgan fingerprint density at radius 1 is 0.329 bits per heavy atom. The van der Waals surface area contributed by atoms with Crippen molar-refractivity contribution in [2.75, 3.05) is 13.2 Å². The Kier molecular flexibility index (Phi) is 55.1. The van der Waals surface area contributed by atoms with Gasteiger partial charge in [0.05, 0.1) is 6.61 Å². The van der Waals surface area contributed by atoms with Crippen molar-refractivity contribution in [2.45, 2.75) is 225 Å². The third kappa shape index (κ3) is 56.1. The van der Waals surface area contributed by atoms with Gasteiger partial charge in [-0.15, -0.1) is 0 Å². The number of rotatable bonds is 49. The van der Waals surface area contributed by atoms with Gasteiger partial charge in [-0.1, -0.05) is 242 Å². The lowest BCUT2D eigenvalue weighted by Gasteiger charge is -2.15. The third-order valence-corrected chi connectivity index (χ3v) is 11.3. The van der Waals surface area contributed by atoms with Gasteiger partial charge in [0.2, 0.25) is 0 Å². The Morgan fingerprint density at radius 3 is 0.871 bits per heavy atom. The van der Waals surface area contributed by atoms with Gasteiger partial charge in [-0.2, -0.15) is 0 Å². The van der Waals surface area contributed by atoms with Crippen LogP contribution in [0.2, 0.25) is 0 Å². The minimum atomic E-state index is -0.799. The van der Waals surface area contributed by atoms with Gasteiger partial charge in [0, 0.05) is 12.8 Å². The van der Waals surface area contributed by atoms with E-state index in [1.54, 1.807) is 0 Å². The maximum atomic E-state index is 12.3. The molecule has 5 nitrogen and oxygen atoms in total. The number of carbonyl (C=O) groups is 2. The van der Waals surface area contributed by atoms with Crippen molar-refractivity contribution in [2.24, 2.45) is 0 Å². The first-order chi connectivity index (χ1) is 34.6. The highest BCUT2D eigenvalue weighted by Crippen LogP contribution is 2.14. The molecule has 0 bridgehead atoms. The summed E-state index contributed by atoms with van der Waals surface area (Å²) < 4.78 is 10.7. The van der Waals surface area contributed by atoms with E-state index >= 15 is 0 Å². The first-order valence-corrected chi connectivity index (χ1v) is 28.0. The molecule has 0 aromatic heterocycles. The summed E-state index contributed by atoms with van der Waals surface area (Å²) in [5, 5.41) is 9.64. The van der Waals surface area contributed by atoms with Crippen molar-refractivity contribution in [1.29, 1.82) is 0 Å². The molecule has 1 unspecified atom stereocenters. The van der Waals surface area contributed by atoms with E-state index in [0.717, 1.165) is 128 Å². The topological polar surface area (TPSA) is 72.8 Å². The van der Waals surface area contributed by atoms with E-state index in [9.17, 15) is 14.7 Å². The van der Waals surface area contributed by atoms with Gasteiger partial charge in [-0.05, 0) is 122 Å². The molecule has 5 heteroatoms. The average molecular weight is 964 g/mol. The molecule has 0 spiro atoms. The number of aliphatic hydroxyl groups is 1. The van der Waals surface area contributed by atoms with Gasteiger partial charge in [0.25, 0.3) is 0 Å². The Morgan fingerprint density at radius 2 is 0.571 bits per heavy atom. The fourth-order valence-corrected chi connectivity index (χ4v) is 7.18. The molecule has 1 atom stereocenters. The molecule has 0 radical (unpaired) electrons. The zero-order chi connectivity index (χ0) is 50.6. The minimum absolute atomic E-state index is 0.0931. The molecule has 0 aromatic rings. The molecule has 0 aromatic carbocycles. The molecular weight excluding hydrogens is 861 g/mol. The summed E-state index contributed by atoms with van der Waals surface area (Å²) in [7, 11) is 0. The van der Waals surface area contributed by atoms with E-state index in [2.05, 4.69) is 172 Å². The second-order valence-electron chi connectivity index (χ2n) is 17.9. The molecule has 0 fully saturated rings. The SMILES string of the molecule is CC/C=C\C/C=C\C/C=C\C/C=C\C/C=C\C/C=C\C/C=C\C/C=C\CCCCCCCCCCCCCCC(=O)OC(CO)COC(=O)CCCCC/C=C\C/C=C\C/C=C\C/C=C\C/C=C\CC. The zero-order valence-corrected chi connectivity index (χ0v) is 44.7. The molecule has 0 rings (SSSR count). The van der Waals surface area contributed by atoms with Crippen LogP contribution in [0.3, 0.4) is 0 Å². The highest BCUT2D eigenvalue weighted by molar-refractivity contribution is 5.70. The van der Waals surface area contributed by atoms with Crippen molar-refractivity contribution >= 4 is 11.9 Å². The van der Waals surface area contributed by atoms with Crippen LogP contribution in [-0.2, 0) is 19.1 Å². The Bertz CT molecular complexity index is 1560. The smallest absolute Gasteiger partial charge is 0.306 e. The van der Waals surface area contributed by atoms with E-state index in [0.29, 0.717) is 12.8 Å². The van der Waals surface area contributed by atoms with E-state index in [4.69, 9.17) is 9.47 Å². The second kappa shape index (κ2) is 58.8. The third-order valence-electron chi connectivity index (χ3n) is 11.3. The molecule has 0 heterocycles. The van der Waals surface area contributed by atoms with Crippen molar-refractivity contribution < 1.29 is 24.2 Å². The number of ether oxygens (including phenoxy) is 2. The maximum Gasteiger partial charge on any atom is 0.306 e. The Labute approximate surface area is 430 Å². The van der Waals surface area contributed by atoms with Crippen LogP contribution in [-0.4, -0.2) is 36.4 Å².